The molecule has 4 heteroatoms. The second kappa shape index (κ2) is 3.74. The predicted octanol–water partition coefficient (Wildman–Crippen LogP) is 1.69. The van der Waals surface area contributed by atoms with Gasteiger partial charge in [-0.3, -0.25) is 0 Å². The highest BCUT2D eigenvalue weighted by atomic mass is 35.5. The number of hydrogen-bond donors (Lipinski definition) is 2. The van der Waals surface area contributed by atoms with Gasteiger partial charge in [0.2, 0.25) is 0 Å². The molecule has 0 bridgehead atoms. The number of aliphatic hydroxyl groups is 1. The van der Waals surface area contributed by atoms with Crippen molar-refractivity contribution in [1.29, 1.82) is 0 Å². The van der Waals surface area contributed by atoms with Crippen LogP contribution < -0.4 is 5.73 Å². The Morgan fingerprint density at radius 1 is 1.60 bits per heavy atom. The molecule has 1 saturated carbocycles. The van der Waals surface area contributed by atoms with Crippen molar-refractivity contribution in [3.05, 3.63) is 34.6 Å². The maximum absolute atomic E-state index is 13.3. The summed E-state index contributed by atoms with van der Waals surface area (Å²) in [7, 11) is 0. The van der Waals surface area contributed by atoms with Crippen LogP contribution in [0.4, 0.5) is 4.39 Å². The lowest BCUT2D eigenvalue weighted by molar-refractivity contribution is 0.264. The first kappa shape index (κ1) is 10.9. The Morgan fingerprint density at radius 2 is 2.33 bits per heavy atom. The summed E-state index contributed by atoms with van der Waals surface area (Å²) in [6, 6.07) is 4.75. The molecule has 1 aliphatic rings. The minimum atomic E-state index is -0.425. The van der Waals surface area contributed by atoms with Crippen LogP contribution in [0, 0.1) is 11.7 Å². The average Bonchev–Trinajstić information content (AvgIpc) is 2.97. The van der Waals surface area contributed by atoms with E-state index in [2.05, 4.69) is 0 Å². The zero-order chi connectivity index (χ0) is 11.1. The fraction of sp³-hybridized carbons (Fsp3) is 0.455. The van der Waals surface area contributed by atoms with E-state index >= 15 is 0 Å². The van der Waals surface area contributed by atoms with E-state index < -0.39 is 5.82 Å². The molecule has 2 atom stereocenters. The summed E-state index contributed by atoms with van der Waals surface area (Å²) in [5.74, 6) is -0.270. The van der Waals surface area contributed by atoms with E-state index in [9.17, 15) is 4.39 Å². The molecule has 15 heavy (non-hydrogen) atoms. The SMILES string of the molecule is NCC1(c2ccc(Cl)c(F)c2)C[C@H]1CO. The fourth-order valence-electron chi connectivity index (χ4n) is 2.15. The molecule has 0 radical (unpaired) electrons. The largest absolute Gasteiger partial charge is 0.396 e. The molecule has 1 aromatic rings. The Kier molecular flexibility index (Phi) is 2.71. The molecule has 1 aliphatic carbocycles. The van der Waals surface area contributed by atoms with Gasteiger partial charge < -0.3 is 10.8 Å². The van der Waals surface area contributed by atoms with E-state index in [0.717, 1.165) is 12.0 Å². The molecule has 0 aliphatic heterocycles. The Labute approximate surface area is 92.9 Å². The summed E-state index contributed by atoms with van der Waals surface area (Å²) in [6.07, 6.45) is 0.821. The predicted molar refractivity (Wildman–Crippen MR) is 57.3 cm³/mol. The van der Waals surface area contributed by atoms with Gasteiger partial charge in [-0.25, -0.2) is 4.39 Å². The summed E-state index contributed by atoms with van der Waals surface area (Å²) in [5, 5.41) is 9.20. The van der Waals surface area contributed by atoms with Crippen molar-refractivity contribution in [3.63, 3.8) is 0 Å². The lowest BCUT2D eigenvalue weighted by Crippen LogP contribution is -2.23. The van der Waals surface area contributed by atoms with Crippen LogP contribution in [0.15, 0.2) is 18.2 Å². The normalized spacial score (nSPS) is 29.2. The molecule has 0 aromatic heterocycles. The van der Waals surface area contributed by atoms with Gasteiger partial charge in [0.25, 0.3) is 0 Å². The first-order valence-electron chi connectivity index (χ1n) is 4.90. The molecule has 0 amide bonds. The van der Waals surface area contributed by atoms with Crippen LogP contribution in [-0.2, 0) is 5.41 Å². The molecule has 1 unspecified atom stereocenters. The highest BCUT2D eigenvalue weighted by molar-refractivity contribution is 6.30. The Balaban J connectivity index is 2.33. The van der Waals surface area contributed by atoms with Crippen molar-refractivity contribution in [2.75, 3.05) is 13.2 Å². The summed E-state index contributed by atoms with van der Waals surface area (Å²) in [6.45, 7) is 0.529. The van der Waals surface area contributed by atoms with Crippen molar-refractivity contribution >= 4 is 11.6 Å². The van der Waals surface area contributed by atoms with Crippen LogP contribution in [0.25, 0.3) is 0 Å². The third kappa shape index (κ3) is 1.65. The smallest absolute Gasteiger partial charge is 0.142 e. The molecular formula is C11H13ClFNO. The first-order chi connectivity index (χ1) is 7.14. The van der Waals surface area contributed by atoms with Crippen molar-refractivity contribution in [2.24, 2.45) is 11.7 Å². The van der Waals surface area contributed by atoms with Crippen molar-refractivity contribution in [3.8, 4) is 0 Å². The molecule has 0 spiro atoms. The zero-order valence-electron chi connectivity index (χ0n) is 8.21. The number of aliphatic hydroxyl groups excluding tert-OH is 1. The third-order valence-corrected chi connectivity index (χ3v) is 3.62. The van der Waals surface area contributed by atoms with Crippen molar-refractivity contribution < 1.29 is 9.50 Å². The number of benzene rings is 1. The van der Waals surface area contributed by atoms with E-state index in [1.54, 1.807) is 6.07 Å². The molecule has 2 rings (SSSR count). The van der Waals surface area contributed by atoms with Crippen LogP contribution >= 0.6 is 11.6 Å². The van der Waals surface area contributed by atoms with Crippen LogP contribution in [0.2, 0.25) is 5.02 Å². The number of nitrogens with two attached hydrogens (primary N) is 1. The second-order valence-electron chi connectivity index (χ2n) is 4.07. The monoisotopic (exact) mass is 229 g/mol. The third-order valence-electron chi connectivity index (χ3n) is 3.31. The first-order valence-corrected chi connectivity index (χ1v) is 5.28. The average molecular weight is 230 g/mol. The summed E-state index contributed by atoms with van der Waals surface area (Å²) in [4.78, 5) is 0. The number of rotatable bonds is 3. The molecule has 3 N–H and O–H groups in total. The lowest BCUT2D eigenvalue weighted by Gasteiger charge is -2.15. The van der Waals surface area contributed by atoms with Crippen LogP contribution in [0.1, 0.15) is 12.0 Å². The highest BCUT2D eigenvalue weighted by Gasteiger charge is 2.53. The minimum absolute atomic E-state index is 0.0987. The summed E-state index contributed by atoms with van der Waals surface area (Å²) < 4.78 is 13.3. The number of hydrogen-bond acceptors (Lipinski definition) is 2. The van der Waals surface area contributed by atoms with Gasteiger partial charge in [-0.1, -0.05) is 17.7 Å². The lowest BCUT2D eigenvalue weighted by atomic mass is 9.93. The fourth-order valence-corrected chi connectivity index (χ4v) is 2.26. The van der Waals surface area contributed by atoms with E-state index in [1.165, 1.54) is 12.1 Å². The Hall–Kier alpha value is -0.640. The van der Waals surface area contributed by atoms with E-state index in [0.29, 0.717) is 6.54 Å². The van der Waals surface area contributed by atoms with Crippen LogP contribution in [-0.4, -0.2) is 18.3 Å². The highest BCUT2D eigenvalue weighted by Crippen LogP contribution is 2.53. The van der Waals surface area contributed by atoms with Gasteiger partial charge in [-0.05, 0) is 30.0 Å². The zero-order valence-corrected chi connectivity index (χ0v) is 8.97. The van der Waals surface area contributed by atoms with E-state index in [-0.39, 0.29) is 23.0 Å². The molecule has 0 heterocycles. The molecule has 82 valence electrons. The quantitative estimate of drug-likeness (QED) is 0.829. The second-order valence-corrected chi connectivity index (χ2v) is 4.48. The van der Waals surface area contributed by atoms with Crippen LogP contribution in [0.3, 0.4) is 0 Å². The molecular weight excluding hydrogens is 217 g/mol. The van der Waals surface area contributed by atoms with E-state index in [1.807, 2.05) is 0 Å². The van der Waals surface area contributed by atoms with Crippen molar-refractivity contribution in [2.45, 2.75) is 11.8 Å². The van der Waals surface area contributed by atoms with Gasteiger partial charge in [0, 0.05) is 18.6 Å². The van der Waals surface area contributed by atoms with Gasteiger partial charge >= 0.3 is 0 Å². The maximum Gasteiger partial charge on any atom is 0.142 e. The Bertz CT molecular complexity index is 385. The summed E-state index contributed by atoms with van der Waals surface area (Å²) in [5.41, 5.74) is 6.29. The molecule has 2 nitrogen and oxygen atoms in total. The molecule has 1 fully saturated rings. The van der Waals surface area contributed by atoms with Crippen LogP contribution in [0.5, 0.6) is 0 Å². The van der Waals surface area contributed by atoms with Gasteiger partial charge in [0.05, 0.1) is 5.02 Å². The maximum atomic E-state index is 13.3. The molecule has 1 aromatic carbocycles. The standard InChI is InChI=1S/C11H13ClFNO/c12-9-2-1-7(3-10(9)13)11(6-14)4-8(11)5-15/h1-3,8,15H,4-6,14H2/t8-,11?/m0/s1. The summed E-state index contributed by atoms with van der Waals surface area (Å²) >= 11 is 5.61. The van der Waals surface area contributed by atoms with Gasteiger partial charge in [-0.15, -0.1) is 0 Å². The van der Waals surface area contributed by atoms with Crippen molar-refractivity contribution in [1.82, 2.24) is 0 Å². The minimum Gasteiger partial charge on any atom is -0.396 e. The molecule has 0 saturated heterocycles. The van der Waals surface area contributed by atoms with Gasteiger partial charge in [0.1, 0.15) is 5.82 Å². The number of halogens is 2. The van der Waals surface area contributed by atoms with Gasteiger partial charge in [0.15, 0.2) is 0 Å². The Morgan fingerprint density at radius 3 is 2.80 bits per heavy atom. The van der Waals surface area contributed by atoms with E-state index in [4.69, 9.17) is 22.4 Å². The topological polar surface area (TPSA) is 46.2 Å². The van der Waals surface area contributed by atoms with Gasteiger partial charge in [-0.2, -0.15) is 0 Å².